The molecule has 0 saturated heterocycles. The van der Waals surface area contributed by atoms with E-state index in [1.54, 1.807) is 36.9 Å². The molecule has 9 heteroatoms. The summed E-state index contributed by atoms with van der Waals surface area (Å²) in [6, 6.07) is 3.25. The van der Waals surface area contributed by atoms with E-state index in [0.29, 0.717) is 38.1 Å². The highest BCUT2D eigenvalue weighted by molar-refractivity contribution is 5.73. The molecule has 2 rings (SSSR count). The van der Waals surface area contributed by atoms with Gasteiger partial charge in [0.1, 0.15) is 0 Å². The van der Waals surface area contributed by atoms with Crippen molar-refractivity contribution in [3.8, 4) is 0 Å². The number of nitrogens with one attached hydrogen (secondary N) is 4. The number of aromatic nitrogens is 4. The third-order valence-corrected chi connectivity index (χ3v) is 2.52. The summed E-state index contributed by atoms with van der Waals surface area (Å²) in [7, 11) is 0. The molecule has 0 bridgehead atoms. The van der Waals surface area contributed by atoms with E-state index in [4.69, 9.17) is 0 Å². The molecule has 116 valence electrons. The number of carbonyl (C=O) groups excluding carboxylic acids is 1. The van der Waals surface area contributed by atoms with Gasteiger partial charge in [-0.2, -0.15) is 0 Å². The van der Waals surface area contributed by atoms with E-state index in [0.717, 1.165) is 0 Å². The number of urea groups is 1. The molecular weight excluding hydrogens is 284 g/mol. The summed E-state index contributed by atoms with van der Waals surface area (Å²) < 4.78 is 0. The number of anilines is 2. The van der Waals surface area contributed by atoms with Crippen molar-refractivity contribution in [3.05, 3.63) is 36.9 Å². The normalized spacial score (nSPS) is 9.82. The Kier molecular flexibility index (Phi) is 6.35. The smallest absolute Gasteiger partial charge is 0.314 e. The van der Waals surface area contributed by atoms with Crippen molar-refractivity contribution in [1.82, 2.24) is 30.6 Å². The third-order valence-electron chi connectivity index (χ3n) is 2.52. The van der Waals surface area contributed by atoms with Crippen molar-refractivity contribution >= 4 is 17.9 Å². The number of hydrogen-bond donors (Lipinski definition) is 4. The van der Waals surface area contributed by atoms with Gasteiger partial charge in [0.15, 0.2) is 0 Å². The largest absolute Gasteiger partial charge is 0.352 e. The molecule has 2 heterocycles. The SMILES string of the molecule is O=C(NCCNc1ncccn1)NCCNc1ncccn1. The second-order valence-electron chi connectivity index (χ2n) is 4.18. The minimum absolute atomic E-state index is 0.230. The van der Waals surface area contributed by atoms with Crippen molar-refractivity contribution < 1.29 is 4.79 Å². The summed E-state index contributed by atoms with van der Waals surface area (Å²) in [6.07, 6.45) is 6.61. The molecule has 0 spiro atoms. The summed E-state index contributed by atoms with van der Waals surface area (Å²) in [5.41, 5.74) is 0. The second kappa shape index (κ2) is 9.06. The molecule has 0 fully saturated rings. The molecule has 22 heavy (non-hydrogen) atoms. The lowest BCUT2D eigenvalue weighted by Crippen LogP contribution is -2.40. The highest BCUT2D eigenvalue weighted by atomic mass is 16.2. The maximum atomic E-state index is 11.5. The Bertz CT molecular complexity index is 501. The van der Waals surface area contributed by atoms with Crippen LogP contribution in [0.4, 0.5) is 16.7 Å². The molecule has 2 aromatic heterocycles. The first-order chi connectivity index (χ1) is 10.8. The van der Waals surface area contributed by atoms with E-state index in [2.05, 4.69) is 41.2 Å². The zero-order valence-electron chi connectivity index (χ0n) is 12.0. The molecule has 0 aliphatic carbocycles. The molecule has 0 aliphatic rings. The average molecular weight is 302 g/mol. The number of hydrogen-bond acceptors (Lipinski definition) is 7. The lowest BCUT2D eigenvalue weighted by atomic mass is 10.5. The van der Waals surface area contributed by atoms with E-state index < -0.39 is 0 Å². The fraction of sp³-hybridized carbons (Fsp3) is 0.308. The summed E-state index contributed by atoms with van der Waals surface area (Å²) >= 11 is 0. The first-order valence-electron chi connectivity index (χ1n) is 6.88. The summed E-state index contributed by atoms with van der Waals surface area (Å²) in [5.74, 6) is 1.08. The van der Waals surface area contributed by atoms with Crippen LogP contribution in [0.2, 0.25) is 0 Å². The van der Waals surface area contributed by atoms with Gasteiger partial charge in [0.25, 0.3) is 0 Å². The Balaban J connectivity index is 1.49. The molecule has 0 aliphatic heterocycles. The van der Waals surface area contributed by atoms with Gasteiger partial charge in [-0.15, -0.1) is 0 Å². The quantitative estimate of drug-likeness (QED) is 0.510. The topological polar surface area (TPSA) is 117 Å². The molecule has 0 saturated carbocycles. The highest BCUT2D eigenvalue weighted by Gasteiger charge is 1.99. The first kappa shape index (κ1) is 15.4. The molecule has 2 aromatic rings. The average Bonchev–Trinajstić information content (AvgIpc) is 2.57. The fourth-order valence-corrected chi connectivity index (χ4v) is 1.54. The molecule has 2 amide bonds. The predicted octanol–water partition coefficient (Wildman–Crippen LogP) is 0.0898. The lowest BCUT2D eigenvalue weighted by Gasteiger charge is -2.09. The van der Waals surface area contributed by atoms with Crippen LogP contribution in [-0.2, 0) is 0 Å². The Morgan fingerprint density at radius 3 is 1.55 bits per heavy atom. The van der Waals surface area contributed by atoms with Crippen LogP contribution < -0.4 is 21.3 Å². The van der Waals surface area contributed by atoms with Gasteiger partial charge in [-0.1, -0.05) is 0 Å². The van der Waals surface area contributed by atoms with Gasteiger partial charge in [0, 0.05) is 51.0 Å². The van der Waals surface area contributed by atoms with E-state index in [1.165, 1.54) is 0 Å². The van der Waals surface area contributed by atoms with Gasteiger partial charge in [-0.25, -0.2) is 24.7 Å². The van der Waals surface area contributed by atoms with Gasteiger partial charge in [0.05, 0.1) is 0 Å². The number of nitrogens with zero attached hydrogens (tertiary/aromatic N) is 4. The standard InChI is InChI=1S/C13H18N8O/c22-13(20-9-7-18-11-14-3-1-4-15-11)21-10-8-19-12-16-5-2-6-17-12/h1-6H,7-10H2,(H,14,15,18)(H,16,17,19)(H2,20,21,22). The van der Waals surface area contributed by atoms with E-state index in [9.17, 15) is 4.79 Å². The Labute approximate surface area is 128 Å². The maximum absolute atomic E-state index is 11.5. The Hall–Kier alpha value is -2.97. The first-order valence-corrected chi connectivity index (χ1v) is 6.88. The minimum Gasteiger partial charge on any atom is -0.352 e. The minimum atomic E-state index is -0.230. The lowest BCUT2D eigenvalue weighted by molar-refractivity contribution is 0.241. The van der Waals surface area contributed by atoms with Gasteiger partial charge >= 0.3 is 6.03 Å². The predicted molar refractivity (Wildman–Crippen MR) is 82.4 cm³/mol. The van der Waals surface area contributed by atoms with Gasteiger partial charge in [0.2, 0.25) is 11.9 Å². The molecule has 0 aromatic carbocycles. The molecule has 0 radical (unpaired) electrons. The molecule has 9 nitrogen and oxygen atoms in total. The number of carbonyl (C=O) groups is 1. The fourth-order valence-electron chi connectivity index (χ4n) is 1.54. The second-order valence-corrected chi connectivity index (χ2v) is 4.18. The Morgan fingerprint density at radius 2 is 1.14 bits per heavy atom. The zero-order valence-corrected chi connectivity index (χ0v) is 12.0. The van der Waals surface area contributed by atoms with Crippen LogP contribution in [0.3, 0.4) is 0 Å². The molecule has 4 N–H and O–H groups in total. The van der Waals surface area contributed by atoms with Crippen LogP contribution in [0.5, 0.6) is 0 Å². The van der Waals surface area contributed by atoms with Crippen LogP contribution in [0.25, 0.3) is 0 Å². The van der Waals surface area contributed by atoms with Crippen LogP contribution >= 0.6 is 0 Å². The van der Waals surface area contributed by atoms with E-state index >= 15 is 0 Å². The van der Waals surface area contributed by atoms with Crippen molar-refractivity contribution in [2.45, 2.75) is 0 Å². The third kappa shape index (κ3) is 5.99. The van der Waals surface area contributed by atoms with Crippen molar-refractivity contribution in [1.29, 1.82) is 0 Å². The summed E-state index contributed by atoms with van der Waals surface area (Å²) in [5, 5.41) is 11.4. The zero-order chi connectivity index (χ0) is 15.5. The van der Waals surface area contributed by atoms with Crippen LogP contribution in [0.1, 0.15) is 0 Å². The number of amides is 2. The number of rotatable bonds is 8. The summed E-state index contributed by atoms with van der Waals surface area (Å²) in [6.45, 7) is 2.04. The van der Waals surface area contributed by atoms with Crippen molar-refractivity contribution in [2.75, 3.05) is 36.8 Å². The molecule has 0 unspecified atom stereocenters. The van der Waals surface area contributed by atoms with Crippen LogP contribution in [0, 0.1) is 0 Å². The Morgan fingerprint density at radius 1 is 0.727 bits per heavy atom. The van der Waals surface area contributed by atoms with Gasteiger partial charge in [-0.3, -0.25) is 0 Å². The van der Waals surface area contributed by atoms with Crippen molar-refractivity contribution in [3.63, 3.8) is 0 Å². The maximum Gasteiger partial charge on any atom is 0.314 e. The monoisotopic (exact) mass is 302 g/mol. The van der Waals surface area contributed by atoms with Gasteiger partial charge in [-0.05, 0) is 12.1 Å². The van der Waals surface area contributed by atoms with Gasteiger partial charge < -0.3 is 21.3 Å². The van der Waals surface area contributed by atoms with E-state index in [-0.39, 0.29) is 6.03 Å². The van der Waals surface area contributed by atoms with Crippen LogP contribution in [0.15, 0.2) is 36.9 Å². The van der Waals surface area contributed by atoms with E-state index in [1.807, 2.05) is 0 Å². The molecular formula is C13H18N8O. The van der Waals surface area contributed by atoms with Crippen LogP contribution in [-0.4, -0.2) is 52.1 Å². The summed E-state index contributed by atoms with van der Waals surface area (Å²) in [4.78, 5) is 27.6. The highest BCUT2D eigenvalue weighted by Crippen LogP contribution is 1.92. The van der Waals surface area contributed by atoms with Crippen molar-refractivity contribution in [2.24, 2.45) is 0 Å². The molecule has 0 atom stereocenters.